The number of ketones is 1. The molecule has 1 heterocycles. The Morgan fingerprint density at radius 2 is 2.28 bits per heavy atom. The highest BCUT2D eigenvalue weighted by atomic mass is 32.1. The fourth-order valence-corrected chi connectivity index (χ4v) is 1.76. The average molecular weight is 262 g/mol. The molecule has 5 heteroatoms. The van der Waals surface area contributed by atoms with Gasteiger partial charge in [0.05, 0.1) is 12.8 Å². The fourth-order valence-electron chi connectivity index (χ4n) is 1.65. The highest BCUT2D eigenvalue weighted by Gasteiger charge is 2.07. The van der Waals surface area contributed by atoms with Gasteiger partial charge < -0.3 is 4.74 Å². The van der Waals surface area contributed by atoms with E-state index in [0.29, 0.717) is 6.42 Å². The van der Waals surface area contributed by atoms with E-state index in [1.165, 1.54) is 0 Å². The molecular formula is C13H14N2O2S. The number of hydrogen-bond donors (Lipinski definition) is 2. The second kappa shape index (κ2) is 5.73. The van der Waals surface area contributed by atoms with Crippen molar-refractivity contribution in [1.82, 2.24) is 10.2 Å². The van der Waals surface area contributed by atoms with E-state index in [1.54, 1.807) is 7.11 Å². The van der Waals surface area contributed by atoms with Gasteiger partial charge in [0.1, 0.15) is 11.5 Å². The van der Waals surface area contributed by atoms with Crippen LogP contribution in [0, 0.1) is 0 Å². The molecule has 2 rings (SSSR count). The first-order valence-corrected chi connectivity index (χ1v) is 6.17. The Bertz CT molecular complexity index is 551. The number of carbonyl (C=O) groups excluding carboxylic acids is 1. The number of carbonyl (C=O) groups is 1. The van der Waals surface area contributed by atoms with Crippen LogP contribution >= 0.6 is 12.6 Å². The summed E-state index contributed by atoms with van der Waals surface area (Å²) in [5, 5.41) is 7.05. The van der Waals surface area contributed by atoms with Crippen molar-refractivity contribution >= 4 is 18.4 Å². The van der Waals surface area contributed by atoms with Crippen molar-refractivity contribution in [2.24, 2.45) is 0 Å². The maximum absolute atomic E-state index is 11.3. The van der Waals surface area contributed by atoms with Crippen LogP contribution in [-0.4, -0.2) is 28.8 Å². The van der Waals surface area contributed by atoms with Crippen LogP contribution in [-0.2, 0) is 11.2 Å². The summed E-state index contributed by atoms with van der Waals surface area (Å²) < 4.78 is 5.16. The topological polar surface area (TPSA) is 55.0 Å². The van der Waals surface area contributed by atoms with Crippen molar-refractivity contribution in [3.05, 3.63) is 36.0 Å². The zero-order chi connectivity index (χ0) is 13.0. The molecule has 0 aliphatic carbocycles. The van der Waals surface area contributed by atoms with Gasteiger partial charge in [0.2, 0.25) is 0 Å². The third kappa shape index (κ3) is 2.92. The van der Waals surface area contributed by atoms with E-state index in [1.807, 2.05) is 30.3 Å². The largest absolute Gasteiger partial charge is 0.497 e. The SMILES string of the molecule is COc1cccc(-c2cc(CC(=O)CS)[nH]n2)c1. The number of ether oxygens (including phenoxy) is 1. The monoisotopic (exact) mass is 262 g/mol. The van der Waals surface area contributed by atoms with Gasteiger partial charge >= 0.3 is 0 Å². The van der Waals surface area contributed by atoms with Crippen molar-refractivity contribution < 1.29 is 9.53 Å². The van der Waals surface area contributed by atoms with E-state index in [4.69, 9.17) is 4.74 Å². The summed E-state index contributed by atoms with van der Waals surface area (Å²) in [7, 11) is 1.63. The van der Waals surface area contributed by atoms with Crippen LogP contribution in [0.3, 0.4) is 0 Å². The highest BCUT2D eigenvalue weighted by molar-refractivity contribution is 7.81. The van der Waals surface area contributed by atoms with Gasteiger partial charge in [-0.2, -0.15) is 17.7 Å². The quantitative estimate of drug-likeness (QED) is 0.812. The van der Waals surface area contributed by atoms with Crippen molar-refractivity contribution in [1.29, 1.82) is 0 Å². The summed E-state index contributed by atoms with van der Waals surface area (Å²) in [6.45, 7) is 0. The molecule has 0 aliphatic rings. The molecule has 0 bridgehead atoms. The first-order valence-electron chi connectivity index (χ1n) is 5.54. The minimum Gasteiger partial charge on any atom is -0.497 e. The third-order valence-electron chi connectivity index (χ3n) is 2.56. The zero-order valence-electron chi connectivity index (χ0n) is 10.0. The molecule has 0 radical (unpaired) electrons. The first-order chi connectivity index (χ1) is 8.72. The normalized spacial score (nSPS) is 10.3. The summed E-state index contributed by atoms with van der Waals surface area (Å²) in [4.78, 5) is 11.3. The Morgan fingerprint density at radius 3 is 3.00 bits per heavy atom. The molecule has 2 aromatic rings. The standard InChI is InChI=1S/C13H14N2O2S/c1-17-12-4-2-3-9(5-12)13-7-10(14-15-13)6-11(16)8-18/h2-5,7,18H,6,8H2,1H3,(H,14,15). The van der Waals surface area contributed by atoms with Crippen LogP contribution in [0.4, 0.5) is 0 Å². The van der Waals surface area contributed by atoms with Crippen molar-refractivity contribution in [3.63, 3.8) is 0 Å². The van der Waals surface area contributed by atoms with Crippen LogP contribution < -0.4 is 4.74 Å². The summed E-state index contributed by atoms with van der Waals surface area (Å²) in [5.74, 6) is 1.09. The molecule has 0 spiro atoms. The lowest BCUT2D eigenvalue weighted by Gasteiger charge is -2.00. The van der Waals surface area contributed by atoms with Crippen molar-refractivity contribution in [3.8, 4) is 17.0 Å². The van der Waals surface area contributed by atoms with E-state index >= 15 is 0 Å². The van der Waals surface area contributed by atoms with E-state index in [0.717, 1.165) is 22.7 Å². The lowest BCUT2D eigenvalue weighted by atomic mass is 10.1. The minimum absolute atomic E-state index is 0.0687. The summed E-state index contributed by atoms with van der Waals surface area (Å²) in [6.07, 6.45) is 0.334. The molecule has 94 valence electrons. The highest BCUT2D eigenvalue weighted by Crippen LogP contribution is 2.22. The fraction of sp³-hybridized carbons (Fsp3) is 0.231. The van der Waals surface area contributed by atoms with Gasteiger partial charge in [-0.15, -0.1) is 0 Å². The Hall–Kier alpha value is -1.75. The lowest BCUT2D eigenvalue weighted by molar-refractivity contribution is -0.116. The van der Waals surface area contributed by atoms with Crippen LogP contribution in [0.15, 0.2) is 30.3 Å². The molecule has 1 aromatic carbocycles. The minimum atomic E-state index is 0.0687. The van der Waals surface area contributed by atoms with E-state index < -0.39 is 0 Å². The third-order valence-corrected chi connectivity index (χ3v) is 2.91. The van der Waals surface area contributed by atoms with Gasteiger partial charge in [-0.1, -0.05) is 12.1 Å². The maximum Gasteiger partial charge on any atom is 0.148 e. The number of hydrogen-bond acceptors (Lipinski definition) is 4. The molecule has 1 aromatic heterocycles. The van der Waals surface area contributed by atoms with Crippen LogP contribution in [0.25, 0.3) is 11.3 Å². The van der Waals surface area contributed by atoms with Crippen molar-refractivity contribution in [2.75, 3.05) is 12.9 Å². The molecular weight excluding hydrogens is 248 g/mol. The molecule has 0 saturated heterocycles. The molecule has 1 N–H and O–H groups in total. The Kier molecular flexibility index (Phi) is 4.04. The van der Waals surface area contributed by atoms with Gasteiger partial charge in [0, 0.05) is 23.4 Å². The maximum atomic E-state index is 11.3. The van der Waals surface area contributed by atoms with E-state index in [-0.39, 0.29) is 11.5 Å². The van der Waals surface area contributed by atoms with Gasteiger partial charge in [0.25, 0.3) is 0 Å². The summed E-state index contributed by atoms with van der Waals surface area (Å²) in [5.41, 5.74) is 2.55. The van der Waals surface area contributed by atoms with E-state index in [9.17, 15) is 4.79 Å². The lowest BCUT2D eigenvalue weighted by Crippen LogP contribution is -2.03. The molecule has 0 atom stereocenters. The Balaban J connectivity index is 2.20. The molecule has 0 saturated carbocycles. The second-order valence-corrected chi connectivity index (χ2v) is 4.20. The van der Waals surface area contributed by atoms with Crippen LogP contribution in [0.1, 0.15) is 5.69 Å². The van der Waals surface area contributed by atoms with Gasteiger partial charge in [-0.05, 0) is 18.2 Å². The number of H-pyrrole nitrogens is 1. The predicted molar refractivity (Wildman–Crippen MR) is 73.1 cm³/mol. The number of aromatic amines is 1. The number of aromatic nitrogens is 2. The zero-order valence-corrected chi connectivity index (χ0v) is 10.9. The van der Waals surface area contributed by atoms with Gasteiger partial charge in [-0.3, -0.25) is 9.89 Å². The molecule has 4 nitrogen and oxygen atoms in total. The van der Waals surface area contributed by atoms with Crippen LogP contribution in [0.5, 0.6) is 5.75 Å². The Labute approximate surface area is 111 Å². The number of nitrogens with zero attached hydrogens (tertiary/aromatic N) is 1. The smallest absolute Gasteiger partial charge is 0.148 e. The summed E-state index contributed by atoms with van der Waals surface area (Å²) >= 11 is 3.95. The first kappa shape index (κ1) is 12.7. The molecule has 0 aliphatic heterocycles. The van der Waals surface area contributed by atoms with Gasteiger partial charge in [0.15, 0.2) is 0 Å². The van der Waals surface area contributed by atoms with Crippen LogP contribution in [0.2, 0.25) is 0 Å². The number of thiol groups is 1. The summed E-state index contributed by atoms with van der Waals surface area (Å²) in [6, 6.07) is 9.50. The van der Waals surface area contributed by atoms with Gasteiger partial charge in [-0.25, -0.2) is 0 Å². The second-order valence-electron chi connectivity index (χ2n) is 3.88. The average Bonchev–Trinajstić information content (AvgIpc) is 2.87. The molecule has 18 heavy (non-hydrogen) atoms. The molecule has 0 amide bonds. The number of nitrogens with one attached hydrogen (secondary N) is 1. The van der Waals surface area contributed by atoms with Crippen molar-refractivity contribution in [2.45, 2.75) is 6.42 Å². The molecule has 0 fully saturated rings. The number of rotatable bonds is 5. The molecule has 0 unspecified atom stereocenters. The number of benzene rings is 1. The number of Topliss-reactive ketones (excluding diaryl/α,β-unsaturated/α-hetero) is 1. The van der Waals surface area contributed by atoms with E-state index in [2.05, 4.69) is 22.8 Å². The predicted octanol–water partition coefficient (Wildman–Crippen LogP) is 2.13. The Morgan fingerprint density at radius 1 is 1.44 bits per heavy atom. The number of methoxy groups -OCH3 is 1.